The van der Waals surface area contributed by atoms with Crippen LogP contribution in [0.4, 0.5) is 0 Å². The van der Waals surface area contributed by atoms with Crippen molar-refractivity contribution in [1.29, 1.82) is 0 Å². The van der Waals surface area contributed by atoms with Crippen molar-refractivity contribution in [3.05, 3.63) is 121 Å². The van der Waals surface area contributed by atoms with Crippen molar-refractivity contribution >= 4 is 43.2 Å². The fourth-order valence-corrected chi connectivity index (χ4v) is 5.03. The minimum absolute atomic E-state index is 0.887. The van der Waals surface area contributed by atoms with Crippen LogP contribution in [0.2, 0.25) is 0 Å². The highest BCUT2D eigenvalue weighted by Gasteiger charge is 2.12. The van der Waals surface area contributed by atoms with Gasteiger partial charge in [-0.1, -0.05) is 91.0 Å². The van der Waals surface area contributed by atoms with Gasteiger partial charge in [0.2, 0.25) is 0 Å². The summed E-state index contributed by atoms with van der Waals surface area (Å²) in [5.41, 5.74) is 5.11. The van der Waals surface area contributed by atoms with Crippen LogP contribution in [0.1, 0.15) is 0 Å². The number of para-hydroxylation sites is 1. The molecule has 0 amide bonds. The van der Waals surface area contributed by atoms with Gasteiger partial charge in [0.15, 0.2) is 0 Å². The largest absolute Gasteiger partial charge is 0.255 e. The molecule has 7 aromatic rings. The fraction of sp³-hybridized carbons (Fsp3) is 0. The molecule has 2 heteroatoms. The number of pyridine rings is 2. The van der Waals surface area contributed by atoms with Crippen molar-refractivity contribution in [1.82, 2.24) is 9.97 Å². The third-order valence-corrected chi connectivity index (χ3v) is 6.69. The van der Waals surface area contributed by atoms with E-state index in [1.165, 1.54) is 37.9 Å². The van der Waals surface area contributed by atoms with E-state index in [1.54, 1.807) is 0 Å². The zero-order valence-electron chi connectivity index (χ0n) is 18.4. The van der Waals surface area contributed by atoms with Gasteiger partial charge in [-0.15, -0.1) is 0 Å². The lowest BCUT2D eigenvalue weighted by atomic mass is 9.97. The molecule has 7 rings (SSSR count). The molecule has 0 aliphatic carbocycles. The van der Waals surface area contributed by atoms with Gasteiger partial charge in [0.1, 0.15) is 0 Å². The summed E-state index contributed by atoms with van der Waals surface area (Å²) in [6.45, 7) is 0. The standard InChI is InChI=1S/C32H20N2/c1-2-8-25-21(7-1)13-14-24-19-22(15-16-26(24)25)23-17-18-33-31(20-23)32-29-11-4-3-9-27(29)28-10-5-6-12-30(28)34-32/h1-20H. The predicted molar refractivity (Wildman–Crippen MR) is 143 cm³/mol. The van der Waals surface area contributed by atoms with E-state index in [2.05, 4.69) is 109 Å². The number of fused-ring (bicyclic) bond motifs is 6. The molecule has 0 saturated carbocycles. The first-order chi connectivity index (χ1) is 16.8. The van der Waals surface area contributed by atoms with Crippen molar-refractivity contribution in [2.45, 2.75) is 0 Å². The summed E-state index contributed by atoms with van der Waals surface area (Å²) in [5, 5.41) is 8.56. The number of benzene rings is 5. The molecule has 2 aromatic heterocycles. The minimum Gasteiger partial charge on any atom is -0.255 e. The van der Waals surface area contributed by atoms with Gasteiger partial charge in [-0.3, -0.25) is 4.98 Å². The zero-order valence-corrected chi connectivity index (χ0v) is 18.4. The average molecular weight is 433 g/mol. The van der Waals surface area contributed by atoms with Gasteiger partial charge < -0.3 is 0 Å². The maximum Gasteiger partial charge on any atom is 0.0972 e. The molecule has 0 aliphatic heterocycles. The summed E-state index contributed by atoms with van der Waals surface area (Å²) in [4.78, 5) is 9.76. The first-order valence-electron chi connectivity index (χ1n) is 11.5. The van der Waals surface area contributed by atoms with Gasteiger partial charge in [-0.2, -0.15) is 0 Å². The molecule has 0 spiro atoms. The summed E-state index contributed by atoms with van der Waals surface area (Å²) in [5.74, 6) is 0. The van der Waals surface area contributed by atoms with Gasteiger partial charge in [-0.25, -0.2) is 4.98 Å². The molecule has 0 N–H and O–H groups in total. The average Bonchev–Trinajstić information content (AvgIpc) is 2.92. The second-order valence-corrected chi connectivity index (χ2v) is 8.68. The van der Waals surface area contributed by atoms with Crippen molar-refractivity contribution < 1.29 is 0 Å². The molecule has 0 bridgehead atoms. The topological polar surface area (TPSA) is 25.8 Å². The summed E-state index contributed by atoms with van der Waals surface area (Å²) in [6.07, 6.45) is 1.89. The molecule has 0 radical (unpaired) electrons. The van der Waals surface area contributed by atoms with Crippen LogP contribution in [0.25, 0.3) is 65.7 Å². The SMILES string of the molecule is c1ccc2c(c1)ccc1cc(-c3ccnc(-c4nc5ccccc5c5ccccc45)c3)ccc12. The smallest absolute Gasteiger partial charge is 0.0972 e. The molecule has 2 nitrogen and oxygen atoms in total. The van der Waals surface area contributed by atoms with E-state index < -0.39 is 0 Å². The van der Waals surface area contributed by atoms with E-state index >= 15 is 0 Å². The second-order valence-electron chi connectivity index (χ2n) is 8.68. The third-order valence-electron chi connectivity index (χ3n) is 6.69. The van der Waals surface area contributed by atoms with Crippen molar-refractivity contribution in [2.24, 2.45) is 0 Å². The molecule has 5 aromatic carbocycles. The summed E-state index contributed by atoms with van der Waals surface area (Å²) < 4.78 is 0. The van der Waals surface area contributed by atoms with E-state index in [0.29, 0.717) is 0 Å². The molecule has 0 saturated heterocycles. The maximum absolute atomic E-state index is 5.03. The van der Waals surface area contributed by atoms with Crippen molar-refractivity contribution in [2.75, 3.05) is 0 Å². The lowest BCUT2D eigenvalue weighted by molar-refractivity contribution is 1.29. The van der Waals surface area contributed by atoms with Gasteiger partial charge in [-0.05, 0) is 62.3 Å². The van der Waals surface area contributed by atoms with Crippen LogP contribution >= 0.6 is 0 Å². The minimum atomic E-state index is 0.887. The van der Waals surface area contributed by atoms with Crippen LogP contribution in [0.3, 0.4) is 0 Å². The Hall–Kier alpha value is -4.56. The van der Waals surface area contributed by atoms with E-state index in [0.717, 1.165) is 27.9 Å². The number of aromatic nitrogens is 2. The van der Waals surface area contributed by atoms with Gasteiger partial charge in [0.05, 0.1) is 16.9 Å². The van der Waals surface area contributed by atoms with Crippen molar-refractivity contribution in [3.63, 3.8) is 0 Å². The predicted octanol–water partition coefficient (Wildman–Crippen LogP) is 8.42. The maximum atomic E-state index is 5.03. The van der Waals surface area contributed by atoms with E-state index in [1.807, 2.05) is 12.3 Å². The highest BCUT2D eigenvalue weighted by Crippen LogP contribution is 2.34. The second kappa shape index (κ2) is 7.50. The van der Waals surface area contributed by atoms with Crippen LogP contribution in [-0.2, 0) is 0 Å². The van der Waals surface area contributed by atoms with Crippen molar-refractivity contribution in [3.8, 4) is 22.5 Å². The third kappa shape index (κ3) is 2.96. The Morgan fingerprint density at radius 2 is 1.12 bits per heavy atom. The Bertz CT molecular complexity index is 1870. The van der Waals surface area contributed by atoms with Crippen LogP contribution in [-0.4, -0.2) is 9.97 Å². The Labute approximate surface area is 197 Å². The molecule has 0 fully saturated rings. The number of rotatable bonds is 2. The normalized spacial score (nSPS) is 11.5. The highest BCUT2D eigenvalue weighted by atomic mass is 14.8. The van der Waals surface area contributed by atoms with Crippen LogP contribution in [0.15, 0.2) is 121 Å². The van der Waals surface area contributed by atoms with E-state index in [4.69, 9.17) is 9.97 Å². The Morgan fingerprint density at radius 1 is 0.441 bits per heavy atom. The molecule has 0 atom stereocenters. The molecular weight excluding hydrogens is 412 g/mol. The number of hydrogen-bond acceptors (Lipinski definition) is 2. The first kappa shape index (κ1) is 19.0. The molecule has 34 heavy (non-hydrogen) atoms. The van der Waals surface area contributed by atoms with Crippen LogP contribution in [0, 0.1) is 0 Å². The molecular formula is C32H20N2. The van der Waals surface area contributed by atoms with Crippen LogP contribution in [0.5, 0.6) is 0 Å². The summed E-state index contributed by atoms with van der Waals surface area (Å²) >= 11 is 0. The summed E-state index contributed by atoms with van der Waals surface area (Å²) in [7, 11) is 0. The Morgan fingerprint density at radius 3 is 2.03 bits per heavy atom. The Balaban J connectivity index is 1.41. The molecule has 0 unspecified atom stereocenters. The summed E-state index contributed by atoms with van der Waals surface area (Å²) in [6, 6.07) is 40.7. The van der Waals surface area contributed by atoms with Crippen LogP contribution < -0.4 is 0 Å². The Kier molecular flexibility index (Phi) is 4.18. The van der Waals surface area contributed by atoms with Gasteiger partial charge in [0, 0.05) is 17.0 Å². The zero-order chi connectivity index (χ0) is 22.5. The fourth-order valence-electron chi connectivity index (χ4n) is 5.03. The van der Waals surface area contributed by atoms with E-state index in [9.17, 15) is 0 Å². The first-order valence-corrected chi connectivity index (χ1v) is 11.5. The molecule has 2 heterocycles. The molecule has 0 aliphatic rings. The number of hydrogen-bond donors (Lipinski definition) is 0. The molecule has 158 valence electrons. The monoisotopic (exact) mass is 432 g/mol. The van der Waals surface area contributed by atoms with E-state index in [-0.39, 0.29) is 0 Å². The highest BCUT2D eigenvalue weighted by molar-refractivity contribution is 6.11. The lowest BCUT2D eigenvalue weighted by Crippen LogP contribution is -1.92. The van der Waals surface area contributed by atoms with Gasteiger partial charge in [0.25, 0.3) is 0 Å². The van der Waals surface area contributed by atoms with Gasteiger partial charge >= 0.3 is 0 Å². The number of nitrogens with zero attached hydrogens (tertiary/aromatic N) is 2. The lowest BCUT2D eigenvalue weighted by Gasteiger charge is -2.11. The quantitative estimate of drug-likeness (QED) is 0.256.